The van der Waals surface area contributed by atoms with Gasteiger partial charge in [0.1, 0.15) is 5.75 Å². The van der Waals surface area contributed by atoms with Crippen LogP contribution in [0.1, 0.15) is 60.9 Å². The summed E-state index contributed by atoms with van der Waals surface area (Å²) >= 11 is 0. The van der Waals surface area contributed by atoms with Crippen molar-refractivity contribution in [3.63, 3.8) is 0 Å². The smallest absolute Gasteiger partial charge is 0.251 e. The number of methoxy groups -OCH3 is 1. The highest BCUT2D eigenvalue weighted by atomic mass is 16.5. The van der Waals surface area contributed by atoms with Gasteiger partial charge in [-0.15, -0.1) is 0 Å². The zero-order valence-electron chi connectivity index (χ0n) is 15.9. The van der Waals surface area contributed by atoms with Crippen molar-refractivity contribution < 1.29 is 14.3 Å². The molecule has 3 rings (SSSR count). The molecule has 1 saturated carbocycles. The van der Waals surface area contributed by atoms with Crippen LogP contribution in [0.3, 0.4) is 0 Å². The fourth-order valence-electron chi connectivity index (χ4n) is 4.08. The first-order valence-electron chi connectivity index (χ1n) is 9.83. The van der Waals surface area contributed by atoms with Crippen LogP contribution in [0.2, 0.25) is 0 Å². The van der Waals surface area contributed by atoms with Gasteiger partial charge in [-0.2, -0.15) is 0 Å². The lowest BCUT2D eigenvalue weighted by Gasteiger charge is -2.35. The van der Waals surface area contributed by atoms with E-state index >= 15 is 0 Å². The number of aryl methyl sites for hydroxylation is 1. The Bertz CT molecular complexity index is 645. The van der Waals surface area contributed by atoms with Gasteiger partial charge >= 0.3 is 0 Å². The van der Waals surface area contributed by atoms with Crippen LogP contribution in [-0.4, -0.2) is 43.0 Å². The number of benzene rings is 1. The highest BCUT2D eigenvalue weighted by Crippen LogP contribution is 2.26. The Labute approximate surface area is 156 Å². The highest BCUT2D eigenvalue weighted by Gasteiger charge is 2.29. The summed E-state index contributed by atoms with van der Waals surface area (Å²) < 4.78 is 5.30. The number of nitrogens with one attached hydrogen (secondary N) is 1. The number of likely N-dealkylation sites (tertiary alicyclic amines) is 1. The number of hydrogen-bond acceptors (Lipinski definition) is 3. The van der Waals surface area contributed by atoms with Crippen LogP contribution in [-0.2, 0) is 4.79 Å². The Hall–Kier alpha value is -2.04. The molecule has 1 aromatic carbocycles. The number of amides is 2. The minimum atomic E-state index is -0.0691. The molecule has 2 aliphatic rings. The Morgan fingerprint density at radius 1 is 1.08 bits per heavy atom. The summed E-state index contributed by atoms with van der Waals surface area (Å²) in [6.07, 6.45) is 7.38. The van der Waals surface area contributed by atoms with E-state index in [1.165, 1.54) is 19.3 Å². The highest BCUT2D eigenvalue weighted by molar-refractivity contribution is 5.95. The lowest BCUT2D eigenvalue weighted by molar-refractivity contribution is -0.137. The van der Waals surface area contributed by atoms with Gasteiger partial charge in [0.15, 0.2) is 0 Å². The van der Waals surface area contributed by atoms with Crippen LogP contribution >= 0.6 is 0 Å². The molecule has 1 aliphatic heterocycles. The minimum Gasteiger partial charge on any atom is -0.496 e. The molecule has 2 fully saturated rings. The molecule has 5 nitrogen and oxygen atoms in total. The molecule has 0 spiro atoms. The maximum atomic E-state index is 12.6. The molecular weight excluding hydrogens is 328 g/mol. The first kappa shape index (κ1) is 18.7. The van der Waals surface area contributed by atoms with Crippen LogP contribution in [0.25, 0.3) is 0 Å². The summed E-state index contributed by atoms with van der Waals surface area (Å²) in [7, 11) is 1.61. The van der Waals surface area contributed by atoms with Gasteiger partial charge in [0.25, 0.3) is 5.91 Å². The number of nitrogens with zero attached hydrogens (tertiary/aromatic N) is 1. The average Bonchev–Trinajstić information content (AvgIpc) is 2.69. The number of carbonyl (C=O) groups excluding carboxylic acids is 2. The predicted molar refractivity (Wildman–Crippen MR) is 101 cm³/mol. The van der Waals surface area contributed by atoms with Crippen molar-refractivity contribution in [2.75, 3.05) is 20.2 Å². The molecule has 142 valence electrons. The van der Waals surface area contributed by atoms with Gasteiger partial charge < -0.3 is 15.0 Å². The van der Waals surface area contributed by atoms with Gasteiger partial charge in [-0.05, 0) is 50.3 Å². The summed E-state index contributed by atoms with van der Waals surface area (Å²) in [6.45, 7) is 3.45. The number of carbonyl (C=O) groups is 2. The third-order valence-corrected chi connectivity index (χ3v) is 5.77. The number of hydrogen-bond donors (Lipinski definition) is 1. The van der Waals surface area contributed by atoms with Gasteiger partial charge in [-0.25, -0.2) is 0 Å². The largest absolute Gasteiger partial charge is 0.496 e. The van der Waals surface area contributed by atoms with Gasteiger partial charge in [0, 0.05) is 30.6 Å². The van der Waals surface area contributed by atoms with E-state index in [1.54, 1.807) is 13.2 Å². The van der Waals surface area contributed by atoms with Gasteiger partial charge in [-0.3, -0.25) is 9.59 Å². The predicted octanol–water partition coefficient (Wildman–Crippen LogP) is 3.30. The number of rotatable bonds is 4. The second-order valence-electron chi connectivity index (χ2n) is 7.59. The fraction of sp³-hybridized carbons (Fsp3) is 0.619. The normalized spacial score (nSPS) is 19.2. The minimum absolute atomic E-state index is 0.0691. The molecule has 0 atom stereocenters. The van der Waals surface area contributed by atoms with Crippen LogP contribution in [0, 0.1) is 12.8 Å². The molecule has 0 aromatic heterocycles. The summed E-state index contributed by atoms with van der Waals surface area (Å²) in [5.74, 6) is 1.22. The third kappa shape index (κ3) is 4.37. The second-order valence-corrected chi connectivity index (χ2v) is 7.59. The van der Waals surface area contributed by atoms with E-state index in [2.05, 4.69) is 5.32 Å². The van der Waals surface area contributed by atoms with Crippen LogP contribution < -0.4 is 10.1 Å². The fourth-order valence-corrected chi connectivity index (χ4v) is 4.08. The van der Waals surface area contributed by atoms with E-state index in [0.29, 0.717) is 11.5 Å². The molecule has 1 saturated heterocycles. The van der Waals surface area contributed by atoms with E-state index in [4.69, 9.17) is 4.74 Å². The topological polar surface area (TPSA) is 58.6 Å². The maximum Gasteiger partial charge on any atom is 0.251 e. The molecule has 5 heteroatoms. The van der Waals surface area contributed by atoms with Crippen molar-refractivity contribution in [1.82, 2.24) is 10.2 Å². The number of piperidine rings is 1. The van der Waals surface area contributed by atoms with E-state index in [1.807, 2.05) is 24.0 Å². The van der Waals surface area contributed by atoms with Crippen molar-refractivity contribution in [1.29, 1.82) is 0 Å². The Kier molecular flexibility index (Phi) is 6.17. The van der Waals surface area contributed by atoms with E-state index < -0.39 is 0 Å². The van der Waals surface area contributed by atoms with Gasteiger partial charge in [0.05, 0.1) is 7.11 Å². The van der Waals surface area contributed by atoms with Crippen molar-refractivity contribution in [3.05, 3.63) is 29.3 Å². The molecular formula is C21H30N2O3. The Morgan fingerprint density at radius 2 is 1.77 bits per heavy atom. The Balaban J connectivity index is 1.50. The molecule has 0 unspecified atom stereocenters. The maximum absolute atomic E-state index is 12.6. The first-order chi connectivity index (χ1) is 12.6. The standard InChI is InChI=1S/C21H30N2O3/c1-15-8-9-17(14-19(15)26-2)20(24)22-18-10-12-23(13-11-18)21(25)16-6-4-3-5-7-16/h8-9,14,16,18H,3-7,10-13H2,1-2H3,(H,22,24). The monoisotopic (exact) mass is 358 g/mol. The Morgan fingerprint density at radius 3 is 2.42 bits per heavy atom. The van der Waals surface area contributed by atoms with Crippen LogP contribution in [0.4, 0.5) is 0 Å². The molecule has 1 aliphatic carbocycles. The molecule has 1 N–H and O–H groups in total. The third-order valence-electron chi connectivity index (χ3n) is 5.77. The quantitative estimate of drug-likeness (QED) is 0.898. The molecule has 2 amide bonds. The molecule has 0 radical (unpaired) electrons. The first-order valence-corrected chi connectivity index (χ1v) is 9.83. The SMILES string of the molecule is COc1cc(C(=O)NC2CCN(C(=O)C3CCCCC3)CC2)ccc1C. The molecule has 1 aromatic rings. The van der Waals surface area contributed by atoms with Crippen molar-refractivity contribution >= 4 is 11.8 Å². The zero-order valence-corrected chi connectivity index (χ0v) is 15.9. The van der Waals surface area contributed by atoms with E-state index in [9.17, 15) is 9.59 Å². The van der Waals surface area contributed by atoms with Crippen molar-refractivity contribution in [3.8, 4) is 5.75 Å². The molecule has 1 heterocycles. The average molecular weight is 358 g/mol. The summed E-state index contributed by atoms with van der Waals surface area (Å²) in [4.78, 5) is 27.1. The van der Waals surface area contributed by atoms with Gasteiger partial charge in [-0.1, -0.05) is 25.3 Å². The zero-order chi connectivity index (χ0) is 18.5. The summed E-state index contributed by atoms with van der Waals surface area (Å²) in [6, 6.07) is 5.64. The lowest BCUT2D eigenvalue weighted by atomic mass is 9.87. The molecule has 0 bridgehead atoms. The summed E-state index contributed by atoms with van der Waals surface area (Å²) in [5, 5.41) is 3.11. The van der Waals surface area contributed by atoms with Gasteiger partial charge in [0.2, 0.25) is 5.91 Å². The van der Waals surface area contributed by atoms with Crippen LogP contribution in [0.15, 0.2) is 18.2 Å². The second kappa shape index (κ2) is 8.56. The number of ether oxygens (including phenoxy) is 1. The van der Waals surface area contributed by atoms with E-state index in [-0.39, 0.29) is 17.9 Å². The summed E-state index contributed by atoms with van der Waals surface area (Å²) in [5.41, 5.74) is 1.63. The lowest BCUT2D eigenvalue weighted by Crippen LogP contribution is -2.48. The van der Waals surface area contributed by atoms with Crippen molar-refractivity contribution in [2.24, 2.45) is 5.92 Å². The van der Waals surface area contributed by atoms with Crippen LogP contribution in [0.5, 0.6) is 5.75 Å². The van der Waals surface area contributed by atoms with Crippen molar-refractivity contribution in [2.45, 2.75) is 57.9 Å². The van der Waals surface area contributed by atoms with E-state index in [0.717, 1.165) is 50.1 Å². The molecule has 26 heavy (non-hydrogen) atoms.